The van der Waals surface area contributed by atoms with Crippen molar-refractivity contribution in [3.05, 3.63) is 28.8 Å². The second kappa shape index (κ2) is 8.16. The van der Waals surface area contributed by atoms with Crippen molar-refractivity contribution >= 4 is 8.07 Å². The molecule has 3 nitrogen and oxygen atoms in total. The van der Waals surface area contributed by atoms with E-state index in [-0.39, 0.29) is 17.6 Å². The Morgan fingerprint density at radius 3 is 2.04 bits per heavy atom. The van der Waals surface area contributed by atoms with Gasteiger partial charge in [-0.2, -0.15) is 0 Å². The van der Waals surface area contributed by atoms with E-state index in [1.54, 1.807) is 7.11 Å². The van der Waals surface area contributed by atoms with Crippen LogP contribution >= 0.6 is 0 Å². The molecule has 0 bridgehead atoms. The summed E-state index contributed by atoms with van der Waals surface area (Å²) in [6, 6.07) is 4.22. The standard InChI is InChI=1S/C22H36O3Si/c1-21(2,3)16-13-17(19(23)11-12-26(8,9)10)20(25-15-24-7)18(14-16)22(4,5)6/h13-14,19,23H,15H2,1-10H3. The van der Waals surface area contributed by atoms with Crippen LogP contribution in [0.3, 0.4) is 0 Å². The third-order valence-electron chi connectivity index (χ3n) is 3.99. The molecule has 26 heavy (non-hydrogen) atoms. The van der Waals surface area contributed by atoms with E-state index in [0.717, 1.165) is 16.7 Å². The summed E-state index contributed by atoms with van der Waals surface area (Å²) in [7, 11) is 0.0159. The van der Waals surface area contributed by atoms with Crippen molar-refractivity contribution in [2.24, 2.45) is 0 Å². The Bertz CT molecular complexity index is 677. The minimum absolute atomic E-state index is 0.0412. The van der Waals surface area contributed by atoms with Gasteiger partial charge in [0.2, 0.25) is 0 Å². The zero-order chi connectivity index (χ0) is 20.3. The fourth-order valence-corrected chi connectivity index (χ4v) is 3.06. The molecule has 1 rings (SSSR count). The Balaban J connectivity index is 3.68. The molecule has 0 aliphatic carbocycles. The minimum Gasteiger partial charge on any atom is -0.467 e. The van der Waals surface area contributed by atoms with Crippen molar-refractivity contribution in [1.29, 1.82) is 0 Å². The van der Waals surface area contributed by atoms with E-state index in [1.165, 1.54) is 0 Å². The molecule has 0 aliphatic heterocycles. The van der Waals surface area contributed by atoms with Crippen molar-refractivity contribution in [2.45, 2.75) is 78.1 Å². The molecule has 1 aromatic rings. The van der Waals surface area contributed by atoms with Crippen LogP contribution in [0.1, 0.15) is 64.3 Å². The normalized spacial score (nSPS) is 13.8. The molecule has 146 valence electrons. The zero-order valence-electron chi connectivity index (χ0n) is 18.2. The van der Waals surface area contributed by atoms with Gasteiger partial charge in [-0.1, -0.05) is 73.2 Å². The maximum atomic E-state index is 10.9. The summed E-state index contributed by atoms with van der Waals surface area (Å²) in [5, 5.41) is 10.9. The van der Waals surface area contributed by atoms with Gasteiger partial charge in [-0.3, -0.25) is 0 Å². The van der Waals surface area contributed by atoms with Crippen molar-refractivity contribution in [2.75, 3.05) is 13.9 Å². The Hall–Kier alpha value is -1.28. The lowest BCUT2D eigenvalue weighted by atomic mass is 9.78. The van der Waals surface area contributed by atoms with Crippen LogP contribution in [0.5, 0.6) is 5.75 Å². The SMILES string of the molecule is COCOc1c(C(O)C#C[Si](C)(C)C)cc(C(C)(C)C)cc1C(C)(C)C. The van der Waals surface area contributed by atoms with Crippen molar-refractivity contribution < 1.29 is 14.6 Å². The predicted octanol–water partition coefficient (Wildman–Crippen LogP) is 5.18. The van der Waals surface area contributed by atoms with Gasteiger partial charge in [-0.25, -0.2) is 0 Å². The summed E-state index contributed by atoms with van der Waals surface area (Å²) in [5.74, 6) is 3.74. The molecular formula is C22H36O3Si. The fourth-order valence-electron chi connectivity index (χ4n) is 2.49. The van der Waals surface area contributed by atoms with Gasteiger partial charge in [-0.15, -0.1) is 5.54 Å². The summed E-state index contributed by atoms with van der Waals surface area (Å²) >= 11 is 0. The number of benzene rings is 1. The molecule has 0 saturated heterocycles. The topological polar surface area (TPSA) is 38.7 Å². The molecule has 0 spiro atoms. The third kappa shape index (κ3) is 6.46. The highest BCUT2D eigenvalue weighted by molar-refractivity contribution is 6.83. The van der Waals surface area contributed by atoms with Crippen molar-refractivity contribution in [1.82, 2.24) is 0 Å². The minimum atomic E-state index is -1.58. The Kier molecular flexibility index (Phi) is 7.15. The van der Waals surface area contributed by atoms with Gasteiger partial charge in [0, 0.05) is 18.2 Å². The summed E-state index contributed by atoms with van der Waals surface area (Å²) in [6.45, 7) is 19.6. The van der Waals surface area contributed by atoms with Crippen LogP contribution in [-0.2, 0) is 15.6 Å². The lowest BCUT2D eigenvalue weighted by molar-refractivity contribution is 0.0476. The van der Waals surface area contributed by atoms with E-state index in [0.29, 0.717) is 5.75 Å². The van der Waals surface area contributed by atoms with Crippen LogP contribution in [-0.4, -0.2) is 27.1 Å². The molecule has 0 saturated carbocycles. The zero-order valence-corrected chi connectivity index (χ0v) is 19.2. The maximum absolute atomic E-state index is 10.9. The molecular weight excluding hydrogens is 340 g/mol. The van der Waals surface area contributed by atoms with E-state index < -0.39 is 14.2 Å². The first-order valence-electron chi connectivity index (χ1n) is 9.18. The van der Waals surface area contributed by atoms with Crippen LogP contribution in [0.25, 0.3) is 0 Å². The molecule has 1 aromatic carbocycles. The number of hydrogen-bond donors (Lipinski definition) is 1. The quantitative estimate of drug-likeness (QED) is 0.447. The lowest BCUT2D eigenvalue weighted by Crippen LogP contribution is -2.21. The maximum Gasteiger partial charge on any atom is 0.188 e. The first kappa shape index (κ1) is 22.8. The Morgan fingerprint density at radius 2 is 1.62 bits per heavy atom. The van der Waals surface area contributed by atoms with E-state index in [2.05, 4.69) is 78.7 Å². The Labute approximate surface area is 161 Å². The Morgan fingerprint density at radius 1 is 1.04 bits per heavy atom. The van der Waals surface area contributed by atoms with Crippen molar-refractivity contribution in [3.8, 4) is 17.2 Å². The van der Waals surface area contributed by atoms with Crippen LogP contribution in [0, 0.1) is 11.5 Å². The second-order valence-electron chi connectivity index (χ2n) is 9.91. The number of aliphatic hydroxyl groups is 1. The average molecular weight is 377 g/mol. The number of hydrogen-bond acceptors (Lipinski definition) is 3. The average Bonchev–Trinajstić information content (AvgIpc) is 2.47. The van der Waals surface area contributed by atoms with Crippen LogP contribution in [0.4, 0.5) is 0 Å². The molecule has 4 heteroatoms. The summed E-state index contributed by atoms with van der Waals surface area (Å²) in [6.07, 6.45) is -0.878. The monoisotopic (exact) mass is 376 g/mol. The van der Waals surface area contributed by atoms with Crippen LogP contribution in [0.15, 0.2) is 12.1 Å². The second-order valence-corrected chi connectivity index (χ2v) is 14.7. The van der Waals surface area contributed by atoms with Gasteiger partial charge in [0.1, 0.15) is 19.9 Å². The lowest BCUT2D eigenvalue weighted by Gasteiger charge is -2.29. The summed E-state index contributed by atoms with van der Waals surface area (Å²) in [5.41, 5.74) is 6.05. The van der Waals surface area contributed by atoms with Gasteiger partial charge >= 0.3 is 0 Å². The van der Waals surface area contributed by atoms with E-state index >= 15 is 0 Å². The highest BCUT2D eigenvalue weighted by Crippen LogP contribution is 2.40. The van der Waals surface area contributed by atoms with Crippen molar-refractivity contribution in [3.63, 3.8) is 0 Å². The van der Waals surface area contributed by atoms with E-state index in [4.69, 9.17) is 9.47 Å². The first-order chi connectivity index (χ1) is 11.7. The highest BCUT2D eigenvalue weighted by Gasteiger charge is 2.28. The van der Waals surface area contributed by atoms with Gasteiger partial charge in [-0.05, 0) is 22.5 Å². The van der Waals surface area contributed by atoms with E-state index in [9.17, 15) is 5.11 Å². The molecule has 0 heterocycles. The summed E-state index contributed by atoms with van der Waals surface area (Å²) in [4.78, 5) is 0. The molecule has 1 atom stereocenters. The number of ether oxygens (including phenoxy) is 2. The smallest absolute Gasteiger partial charge is 0.188 e. The predicted molar refractivity (Wildman–Crippen MR) is 112 cm³/mol. The number of methoxy groups -OCH3 is 1. The van der Waals surface area contributed by atoms with Gasteiger partial charge < -0.3 is 14.6 Å². The molecule has 0 fully saturated rings. The molecule has 0 amide bonds. The molecule has 1 N–H and O–H groups in total. The fraction of sp³-hybridized carbons (Fsp3) is 0.636. The number of rotatable bonds is 4. The van der Waals surface area contributed by atoms with Crippen LogP contribution in [0.2, 0.25) is 19.6 Å². The van der Waals surface area contributed by atoms with Gasteiger partial charge in [0.25, 0.3) is 0 Å². The number of aliphatic hydroxyl groups excluding tert-OH is 1. The van der Waals surface area contributed by atoms with E-state index in [1.807, 2.05) is 6.07 Å². The van der Waals surface area contributed by atoms with Gasteiger partial charge in [0.15, 0.2) is 6.79 Å². The van der Waals surface area contributed by atoms with Gasteiger partial charge in [0.05, 0.1) is 0 Å². The molecule has 0 aromatic heterocycles. The highest BCUT2D eigenvalue weighted by atomic mass is 28.3. The summed E-state index contributed by atoms with van der Waals surface area (Å²) < 4.78 is 11.1. The molecule has 0 aliphatic rings. The largest absolute Gasteiger partial charge is 0.467 e. The molecule has 0 radical (unpaired) electrons. The third-order valence-corrected chi connectivity index (χ3v) is 4.89. The first-order valence-corrected chi connectivity index (χ1v) is 12.7. The molecule has 1 unspecified atom stereocenters. The van der Waals surface area contributed by atoms with Crippen LogP contribution < -0.4 is 4.74 Å².